The Morgan fingerprint density at radius 3 is 2.48 bits per heavy atom. The van der Waals surface area contributed by atoms with E-state index in [9.17, 15) is 24.6 Å². The zero-order valence-electron chi connectivity index (χ0n) is 26.6. The van der Waals surface area contributed by atoms with Gasteiger partial charge < -0.3 is 39.4 Å². The molecule has 1 spiro atoms. The van der Waals surface area contributed by atoms with Gasteiger partial charge in [-0.05, 0) is 58.4 Å². The van der Waals surface area contributed by atoms with Gasteiger partial charge in [-0.25, -0.2) is 0 Å². The number of hydrogen-bond donors (Lipinski definition) is 3. The van der Waals surface area contributed by atoms with Gasteiger partial charge in [-0.1, -0.05) is 30.7 Å². The molecule has 0 unspecified atom stereocenters. The lowest BCUT2D eigenvalue weighted by atomic mass is 9.87. The Morgan fingerprint density at radius 1 is 1.11 bits per heavy atom. The number of aliphatic hydroxyl groups excluding tert-OH is 2. The Bertz CT molecular complexity index is 1110. The SMILES string of the molecule is CC(=O)O[C@@H](C)C=CC(=O)N[C@@H]1C[C@H](C)[C@H](CC=C(C)C=C[C@H]2O[C@H](CC(=O)N3CCC(O)CC3)C[C@@]3(CO3)[C@@H]2O)O[C@@H]1C. The number of aliphatic hydroxyl groups is 2. The lowest BCUT2D eigenvalue weighted by molar-refractivity contribution is -0.152. The number of ether oxygens (including phenoxy) is 4. The van der Waals surface area contributed by atoms with Crippen LogP contribution >= 0.6 is 0 Å². The molecule has 4 rings (SSSR count). The predicted molar refractivity (Wildman–Crippen MR) is 162 cm³/mol. The molecule has 4 heterocycles. The smallest absolute Gasteiger partial charge is 0.303 e. The summed E-state index contributed by atoms with van der Waals surface area (Å²) < 4.78 is 23.2. The zero-order chi connectivity index (χ0) is 32.0. The molecule has 11 heteroatoms. The summed E-state index contributed by atoms with van der Waals surface area (Å²) in [5.74, 6) is -0.425. The maximum Gasteiger partial charge on any atom is 0.303 e. The van der Waals surface area contributed by atoms with Gasteiger partial charge >= 0.3 is 5.97 Å². The number of carbonyl (C=O) groups is 3. The van der Waals surface area contributed by atoms with Crippen LogP contribution in [-0.4, -0.2) is 107 Å². The number of rotatable bonds is 10. The third kappa shape index (κ3) is 9.47. The number of hydrogen-bond acceptors (Lipinski definition) is 9. The van der Waals surface area contributed by atoms with Gasteiger partial charge in [0.1, 0.15) is 23.9 Å². The van der Waals surface area contributed by atoms with Gasteiger partial charge in [0.2, 0.25) is 11.8 Å². The van der Waals surface area contributed by atoms with E-state index in [1.54, 1.807) is 17.9 Å². The fraction of sp³-hybridized carbons (Fsp3) is 0.727. The molecule has 0 saturated carbocycles. The molecule has 44 heavy (non-hydrogen) atoms. The second kappa shape index (κ2) is 15.1. The number of allylic oxidation sites excluding steroid dienone is 2. The Labute approximate surface area is 260 Å². The molecule has 0 aromatic carbocycles. The molecule has 0 aromatic heterocycles. The zero-order valence-corrected chi connectivity index (χ0v) is 26.6. The summed E-state index contributed by atoms with van der Waals surface area (Å²) in [5.41, 5.74) is 0.347. The van der Waals surface area contributed by atoms with Crippen LogP contribution in [0.4, 0.5) is 0 Å². The summed E-state index contributed by atoms with van der Waals surface area (Å²) in [6.45, 7) is 10.6. The first-order valence-electron chi connectivity index (χ1n) is 15.9. The van der Waals surface area contributed by atoms with Crippen LogP contribution in [-0.2, 0) is 33.3 Å². The summed E-state index contributed by atoms with van der Waals surface area (Å²) in [4.78, 5) is 38.1. The largest absolute Gasteiger partial charge is 0.459 e. The van der Waals surface area contributed by atoms with Crippen molar-refractivity contribution in [3.05, 3.63) is 36.0 Å². The van der Waals surface area contributed by atoms with Crippen LogP contribution in [0.3, 0.4) is 0 Å². The molecule has 0 aliphatic carbocycles. The van der Waals surface area contributed by atoms with E-state index in [4.69, 9.17) is 18.9 Å². The van der Waals surface area contributed by atoms with E-state index in [0.717, 1.165) is 12.0 Å². The van der Waals surface area contributed by atoms with Crippen molar-refractivity contribution in [2.24, 2.45) is 5.92 Å². The number of likely N-dealkylation sites (tertiary alicyclic amines) is 1. The van der Waals surface area contributed by atoms with Gasteiger partial charge in [0.05, 0.1) is 43.5 Å². The second-order valence-electron chi connectivity index (χ2n) is 13.0. The van der Waals surface area contributed by atoms with E-state index in [-0.39, 0.29) is 54.6 Å². The van der Waals surface area contributed by atoms with Crippen molar-refractivity contribution in [1.29, 1.82) is 0 Å². The Balaban J connectivity index is 1.26. The van der Waals surface area contributed by atoms with Crippen molar-refractivity contribution >= 4 is 17.8 Å². The average molecular weight is 619 g/mol. The minimum Gasteiger partial charge on any atom is -0.459 e. The molecule has 11 nitrogen and oxygen atoms in total. The summed E-state index contributed by atoms with van der Waals surface area (Å²) in [7, 11) is 0. The average Bonchev–Trinajstić information content (AvgIpc) is 3.74. The van der Waals surface area contributed by atoms with E-state index in [0.29, 0.717) is 45.4 Å². The van der Waals surface area contributed by atoms with E-state index in [2.05, 4.69) is 18.3 Å². The van der Waals surface area contributed by atoms with Gasteiger partial charge in [-0.2, -0.15) is 0 Å². The molecular weight excluding hydrogens is 568 g/mol. The molecular formula is C33H50N2O9. The number of piperidine rings is 1. The van der Waals surface area contributed by atoms with Crippen LogP contribution in [0.15, 0.2) is 36.0 Å². The Kier molecular flexibility index (Phi) is 11.8. The maximum atomic E-state index is 12.9. The number of amides is 2. The minimum atomic E-state index is -0.808. The predicted octanol–water partition coefficient (Wildman–Crippen LogP) is 2.35. The fourth-order valence-electron chi connectivity index (χ4n) is 6.33. The van der Waals surface area contributed by atoms with Gasteiger partial charge in [0, 0.05) is 32.5 Å². The van der Waals surface area contributed by atoms with Gasteiger partial charge in [0.25, 0.3) is 0 Å². The standard InChI is InChI=1S/C33H50N2O9/c1-20(6-9-28-21(2)16-27(23(4)43-28)34-30(38)11-8-22(3)42-24(5)36)7-10-29-32(40)33(19-41-33)18-26(44-29)17-31(39)35-14-12-25(37)13-15-35/h6-8,10-11,21-23,25-29,32,37,40H,9,12-19H2,1-5H3,(H,34,38)/t21-,22-,23+,26+,27+,28-,29+,32+,33+/m0/s1. The van der Waals surface area contributed by atoms with Crippen LogP contribution in [0, 0.1) is 5.92 Å². The molecule has 2 amide bonds. The van der Waals surface area contributed by atoms with Crippen molar-refractivity contribution in [3.63, 3.8) is 0 Å². The van der Waals surface area contributed by atoms with Crippen LogP contribution in [0.2, 0.25) is 0 Å². The highest BCUT2D eigenvalue weighted by Gasteiger charge is 2.58. The molecule has 9 atom stereocenters. The molecule has 3 N–H and O–H groups in total. The third-order valence-corrected chi connectivity index (χ3v) is 9.14. The fourth-order valence-corrected chi connectivity index (χ4v) is 6.33. The molecule has 0 aromatic rings. The Morgan fingerprint density at radius 2 is 1.82 bits per heavy atom. The van der Waals surface area contributed by atoms with Gasteiger partial charge in [-0.15, -0.1) is 0 Å². The van der Waals surface area contributed by atoms with Crippen LogP contribution in [0.5, 0.6) is 0 Å². The van der Waals surface area contributed by atoms with Crippen molar-refractivity contribution < 1.29 is 43.5 Å². The maximum absolute atomic E-state index is 12.9. The van der Waals surface area contributed by atoms with Crippen LogP contribution < -0.4 is 5.32 Å². The minimum absolute atomic E-state index is 0.00743. The van der Waals surface area contributed by atoms with Gasteiger partial charge in [-0.3, -0.25) is 14.4 Å². The van der Waals surface area contributed by atoms with Crippen LogP contribution in [0.1, 0.15) is 73.1 Å². The first-order chi connectivity index (χ1) is 20.8. The van der Waals surface area contributed by atoms with Crippen molar-refractivity contribution in [3.8, 4) is 0 Å². The first-order valence-corrected chi connectivity index (χ1v) is 15.9. The number of epoxide rings is 1. The topological polar surface area (TPSA) is 147 Å². The Hall–Kier alpha value is -2.57. The van der Waals surface area contributed by atoms with Gasteiger partial charge in [0.15, 0.2) is 0 Å². The molecule has 4 saturated heterocycles. The molecule has 4 fully saturated rings. The number of carbonyl (C=O) groups excluding carboxylic acids is 3. The highest BCUT2D eigenvalue weighted by Crippen LogP contribution is 2.43. The highest BCUT2D eigenvalue weighted by molar-refractivity contribution is 5.87. The number of nitrogens with zero attached hydrogens (tertiary/aromatic N) is 1. The van der Waals surface area contributed by atoms with E-state index < -0.39 is 29.9 Å². The van der Waals surface area contributed by atoms with E-state index >= 15 is 0 Å². The lowest BCUT2D eigenvalue weighted by Gasteiger charge is -2.39. The first kappa shape index (κ1) is 34.3. The molecule has 0 radical (unpaired) electrons. The molecule has 4 aliphatic rings. The summed E-state index contributed by atoms with van der Waals surface area (Å²) in [6, 6.07) is -0.129. The number of nitrogens with one attached hydrogen (secondary N) is 1. The molecule has 0 bridgehead atoms. The molecule has 246 valence electrons. The summed E-state index contributed by atoms with van der Waals surface area (Å²) in [5, 5.41) is 23.7. The van der Waals surface area contributed by atoms with Crippen molar-refractivity contribution in [2.45, 2.75) is 128 Å². The summed E-state index contributed by atoms with van der Waals surface area (Å²) >= 11 is 0. The quantitative estimate of drug-likeness (QED) is 0.145. The highest BCUT2D eigenvalue weighted by atomic mass is 16.6. The van der Waals surface area contributed by atoms with E-state index in [1.807, 2.05) is 26.0 Å². The number of esters is 1. The normalized spacial score (nSPS) is 35.7. The second-order valence-corrected chi connectivity index (χ2v) is 13.0. The van der Waals surface area contributed by atoms with Crippen molar-refractivity contribution in [2.75, 3.05) is 19.7 Å². The van der Waals surface area contributed by atoms with Crippen LogP contribution in [0.25, 0.3) is 0 Å². The third-order valence-electron chi connectivity index (χ3n) is 9.14. The monoisotopic (exact) mass is 618 g/mol. The molecule has 4 aliphatic heterocycles. The van der Waals surface area contributed by atoms with E-state index in [1.165, 1.54) is 13.0 Å². The van der Waals surface area contributed by atoms with Crippen molar-refractivity contribution in [1.82, 2.24) is 10.2 Å². The lowest BCUT2D eigenvalue weighted by Crippen LogP contribution is -2.51. The summed E-state index contributed by atoms with van der Waals surface area (Å²) in [6.07, 6.45) is 9.47.